The molecule has 1 fully saturated rings. The monoisotopic (exact) mass is 419 g/mol. The molecule has 1 aliphatic rings. The number of hydrogen-bond donors (Lipinski definition) is 1. The lowest BCUT2D eigenvalue weighted by atomic mass is 10.1. The molecular weight excluding hydrogens is 402 g/mol. The first-order valence-corrected chi connectivity index (χ1v) is 10.8. The summed E-state index contributed by atoms with van der Waals surface area (Å²) >= 11 is 6.05. The minimum atomic E-state index is -3.90. The summed E-state index contributed by atoms with van der Waals surface area (Å²) in [5.41, 5.74) is 0.767. The molecule has 0 saturated carbocycles. The van der Waals surface area contributed by atoms with E-state index >= 15 is 0 Å². The molecule has 1 N–H and O–H groups in total. The zero-order chi connectivity index (χ0) is 19.7. The van der Waals surface area contributed by atoms with E-state index in [1.54, 1.807) is 29.2 Å². The van der Waals surface area contributed by atoms with Crippen molar-refractivity contribution in [2.75, 3.05) is 17.8 Å². The number of anilines is 1. The lowest BCUT2D eigenvalue weighted by Gasteiger charge is -2.25. The van der Waals surface area contributed by atoms with Crippen molar-refractivity contribution in [1.29, 1.82) is 0 Å². The van der Waals surface area contributed by atoms with Gasteiger partial charge in [-0.2, -0.15) is 0 Å². The first kappa shape index (κ1) is 18.8. The standard InChI is InChI=1S/C19H18ClN3O4S/c20-15-6-2-3-7-16(15)22-28(25,26)13-8-9-17-14(12-13)18(21-27-17)19(24)23-10-4-1-5-11-23/h2-3,6-9,12,22H,1,4-5,10-11H2. The quantitative estimate of drug-likeness (QED) is 0.692. The third-order valence-electron chi connectivity index (χ3n) is 4.72. The number of amides is 1. The molecule has 2 heterocycles. The van der Waals surface area contributed by atoms with Crippen LogP contribution in [0, 0.1) is 0 Å². The Bertz CT molecular complexity index is 1140. The van der Waals surface area contributed by atoms with E-state index in [2.05, 4.69) is 9.88 Å². The number of carbonyl (C=O) groups excluding carboxylic acids is 1. The second-order valence-corrected chi connectivity index (χ2v) is 8.72. The second-order valence-electron chi connectivity index (χ2n) is 6.63. The van der Waals surface area contributed by atoms with Crippen LogP contribution < -0.4 is 4.72 Å². The predicted molar refractivity (Wildman–Crippen MR) is 106 cm³/mol. The van der Waals surface area contributed by atoms with Gasteiger partial charge in [0, 0.05) is 13.1 Å². The fourth-order valence-electron chi connectivity index (χ4n) is 3.23. The highest BCUT2D eigenvalue weighted by Gasteiger charge is 2.25. The maximum Gasteiger partial charge on any atom is 0.276 e. The molecule has 9 heteroatoms. The van der Waals surface area contributed by atoms with Gasteiger partial charge >= 0.3 is 0 Å². The van der Waals surface area contributed by atoms with Gasteiger partial charge < -0.3 is 9.42 Å². The first-order valence-electron chi connectivity index (χ1n) is 8.92. The van der Waals surface area contributed by atoms with Crippen molar-refractivity contribution in [2.45, 2.75) is 24.2 Å². The van der Waals surface area contributed by atoms with Crippen molar-refractivity contribution >= 4 is 44.2 Å². The predicted octanol–water partition coefficient (Wildman–Crippen LogP) is 3.91. The second kappa shape index (κ2) is 7.44. The van der Waals surface area contributed by atoms with Gasteiger partial charge in [0.2, 0.25) is 0 Å². The van der Waals surface area contributed by atoms with E-state index in [0.717, 1.165) is 19.3 Å². The number of aromatic nitrogens is 1. The van der Waals surface area contributed by atoms with Gasteiger partial charge in [-0.25, -0.2) is 8.42 Å². The highest BCUT2D eigenvalue weighted by molar-refractivity contribution is 7.92. The minimum Gasteiger partial charge on any atom is -0.355 e. The molecule has 28 heavy (non-hydrogen) atoms. The van der Waals surface area contributed by atoms with Crippen LogP contribution in [0.15, 0.2) is 51.9 Å². The molecule has 0 unspecified atom stereocenters. The number of sulfonamides is 1. The molecule has 2 aromatic carbocycles. The molecule has 0 aliphatic carbocycles. The van der Waals surface area contributed by atoms with Crippen LogP contribution in [-0.2, 0) is 10.0 Å². The van der Waals surface area contributed by atoms with Gasteiger partial charge in [0.25, 0.3) is 15.9 Å². The Balaban J connectivity index is 1.69. The molecule has 7 nitrogen and oxygen atoms in total. The van der Waals surface area contributed by atoms with Gasteiger partial charge in [-0.05, 0) is 49.6 Å². The smallest absolute Gasteiger partial charge is 0.276 e. The lowest BCUT2D eigenvalue weighted by molar-refractivity contribution is 0.0716. The number of likely N-dealkylation sites (tertiary alicyclic amines) is 1. The summed E-state index contributed by atoms with van der Waals surface area (Å²) < 4.78 is 33.3. The highest BCUT2D eigenvalue weighted by atomic mass is 35.5. The first-order chi connectivity index (χ1) is 13.5. The van der Waals surface area contributed by atoms with Gasteiger partial charge in [-0.3, -0.25) is 9.52 Å². The van der Waals surface area contributed by atoms with E-state index in [1.165, 1.54) is 18.2 Å². The summed E-state index contributed by atoms with van der Waals surface area (Å²) in [5.74, 6) is -0.243. The van der Waals surface area contributed by atoms with Crippen molar-refractivity contribution in [1.82, 2.24) is 10.1 Å². The topological polar surface area (TPSA) is 92.5 Å². The number of hydrogen-bond acceptors (Lipinski definition) is 5. The number of halogens is 1. The van der Waals surface area contributed by atoms with E-state index in [0.29, 0.717) is 24.1 Å². The minimum absolute atomic E-state index is 0.00388. The fraction of sp³-hybridized carbons (Fsp3) is 0.263. The zero-order valence-corrected chi connectivity index (χ0v) is 16.5. The number of nitrogens with one attached hydrogen (secondary N) is 1. The normalized spacial score (nSPS) is 15.0. The molecule has 1 saturated heterocycles. The maximum absolute atomic E-state index is 12.8. The molecule has 1 aromatic heterocycles. The van der Waals surface area contributed by atoms with Crippen LogP contribution in [0.4, 0.5) is 5.69 Å². The third kappa shape index (κ3) is 3.57. The number of benzene rings is 2. The van der Waals surface area contributed by atoms with Gasteiger partial charge in [-0.1, -0.05) is 28.9 Å². The molecular formula is C19H18ClN3O4S. The molecule has 0 atom stereocenters. The Morgan fingerprint density at radius 2 is 1.86 bits per heavy atom. The highest BCUT2D eigenvalue weighted by Crippen LogP contribution is 2.27. The molecule has 0 spiro atoms. The Kier molecular flexibility index (Phi) is 4.99. The van der Waals surface area contributed by atoms with E-state index in [1.807, 2.05) is 0 Å². The number of rotatable bonds is 4. The number of carbonyl (C=O) groups is 1. The summed E-state index contributed by atoms with van der Waals surface area (Å²) in [6, 6.07) is 10.9. The molecule has 146 valence electrons. The van der Waals surface area contributed by atoms with Crippen LogP contribution in [0.2, 0.25) is 5.02 Å². The van der Waals surface area contributed by atoms with Crippen LogP contribution >= 0.6 is 11.6 Å². The van der Waals surface area contributed by atoms with Crippen molar-refractivity contribution in [3.8, 4) is 0 Å². The van der Waals surface area contributed by atoms with E-state index in [4.69, 9.17) is 16.1 Å². The van der Waals surface area contributed by atoms with Crippen LogP contribution in [0.25, 0.3) is 11.0 Å². The van der Waals surface area contributed by atoms with Gasteiger partial charge in [0.1, 0.15) is 0 Å². The van der Waals surface area contributed by atoms with Crippen molar-refractivity contribution in [3.05, 3.63) is 53.2 Å². The number of piperidine rings is 1. The van der Waals surface area contributed by atoms with Crippen molar-refractivity contribution in [3.63, 3.8) is 0 Å². The Labute approximate surface area is 167 Å². The summed E-state index contributed by atoms with van der Waals surface area (Å²) in [6.07, 6.45) is 2.99. The van der Waals surface area contributed by atoms with Gasteiger partial charge in [0.05, 0.1) is 21.0 Å². The third-order valence-corrected chi connectivity index (χ3v) is 6.41. The number of nitrogens with zero attached hydrogens (tertiary/aromatic N) is 2. The summed E-state index contributed by atoms with van der Waals surface area (Å²) in [7, 11) is -3.90. The summed E-state index contributed by atoms with van der Waals surface area (Å²) in [4.78, 5) is 14.5. The van der Waals surface area contributed by atoms with Gasteiger partial charge in [0.15, 0.2) is 11.3 Å². The molecule has 1 amide bonds. The summed E-state index contributed by atoms with van der Waals surface area (Å²) in [5, 5.41) is 4.55. The van der Waals surface area contributed by atoms with Gasteiger partial charge in [-0.15, -0.1) is 0 Å². The number of fused-ring (bicyclic) bond motifs is 1. The largest absolute Gasteiger partial charge is 0.355 e. The van der Waals surface area contributed by atoms with E-state index in [9.17, 15) is 13.2 Å². The number of para-hydroxylation sites is 1. The van der Waals surface area contributed by atoms with Crippen LogP contribution in [0.5, 0.6) is 0 Å². The average Bonchev–Trinajstić information content (AvgIpc) is 3.13. The van der Waals surface area contributed by atoms with Crippen molar-refractivity contribution in [2.24, 2.45) is 0 Å². The molecule has 4 rings (SSSR count). The fourth-order valence-corrected chi connectivity index (χ4v) is 4.58. The average molecular weight is 420 g/mol. The van der Waals surface area contributed by atoms with E-state index in [-0.39, 0.29) is 27.2 Å². The molecule has 3 aromatic rings. The molecule has 0 bridgehead atoms. The van der Waals surface area contributed by atoms with Crippen LogP contribution in [0.3, 0.4) is 0 Å². The zero-order valence-electron chi connectivity index (χ0n) is 14.9. The van der Waals surface area contributed by atoms with Crippen LogP contribution in [-0.4, -0.2) is 37.5 Å². The Morgan fingerprint density at radius 1 is 1.11 bits per heavy atom. The maximum atomic E-state index is 12.8. The Morgan fingerprint density at radius 3 is 2.61 bits per heavy atom. The lowest BCUT2D eigenvalue weighted by Crippen LogP contribution is -2.35. The van der Waals surface area contributed by atoms with Crippen molar-refractivity contribution < 1.29 is 17.7 Å². The molecule has 1 aliphatic heterocycles. The summed E-state index contributed by atoms with van der Waals surface area (Å²) in [6.45, 7) is 1.33. The van der Waals surface area contributed by atoms with Crippen LogP contribution in [0.1, 0.15) is 29.8 Å². The molecule has 0 radical (unpaired) electrons. The van der Waals surface area contributed by atoms with E-state index < -0.39 is 10.0 Å². The SMILES string of the molecule is O=C(c1noc2ccc(S(=O)(=O)Nc3ccccc3Cl)cc12)N1CCCCC1. The Hall–Kier alpha value is -2.58.